The largest absolute Gasteiger partial charge is 0.435 e. The van der Waals surface area contributed by atoms with Gasteiger partial charge in [0.05, 0.1) is 5.41 Å². The van der Waals surface area contributed by atoms with Crippen molar-refractivity contribution in [2.75, 3.05) is 26.8 Å². The lowest BCUT2D eigenvalue weighted by Gasteiger charge is -2.37. The Morgan fingerprint density at radius 1 is 1.33 bits per heavy atom. The fraction of sp³-hybridized carbons (Fsp3) is 0.562. The number of nitrogens with two attached hydrogens (primary N) is 1. The SMILES string of the molecule is CN(Cc1ccc(OC(F)F)cc1)C(=O)C1(CN)CCOCC1.Cl. The maximum Gasteiger partial charge on any atom is 0.387 e. The fourth-order valence-electron chi connectivity index (χ4n) is 2.79. The Morgan fingerprint density at radius 3 is 2.42 bits per heavy atom. The molecule has 0 aliphatic carbocycles. The molecule has 0 unspecified atom stereocenters. The van der Waals surface area contributed by atoms with Crippen LogP contribution in [0, 0.1) is 5.41 Å². The lowest BCUT2D eigenvalue weighted by molar-refractivity contribution is -0.146. The van der Waals surface area contributed by atoms with E-state index in [4.69, 9.17) is 10.5 Å². The summed E-state index contributed by atoms with van der Waals surface area (Å²) in [7, 11) is 1.72. The van der Waals surface area contributed by atoms with Gasteiger partial charge in [-0.1, -0.05) is 12.1 Å². The van der Waals surface area contributed by atoms with E-state index in [1.165, 1.54) is 12.1 Å². The highest BCUT2D eigenvalue weighted by atomic mass is 35.5. The van der Waals surface area contributed by atoms with E-state index in [-0.39, 0.29) is 24.1 Å². The first-order chi connectivity index (χ1) is 11.0. The van der Waals surface area contributed by atoms with Gasteiger partial charge in [0.25, 0.3) is 0 Å². The minimum Gasteiger partial charge on any atom is -0.435 e. The molecule has 0 aromatic heterocycles. The molecule has 0 bridgehead atoms. The highest BCUT2D eigenvalue weighted by molar-refractivity contribution is 5.85. The minimum atomic E-state index is -2.84. The zero-order valence-corrected chi connectivity index (χ0v) is 14.4. The third-order valence-corrected chi connectivity index (χ3v) is 4.21. The molecule has 8 heteroatoms. The number of nitrogens with zero attached hydrogens (tertiary/aromatic N) is 1. The molecule has 1 aromatic rings. The second kappa shape index (κ2) is 9.15. The average molecular weight is 365 g/mol. The molecule has 1 fully saturated rings. The zero-order valence-electron chi connectivity index (χ0n) is 13.5. The van der Waals surface area contributed by atoms with Crippen LogP contribution in [0.3, 0.4) is 0 Å². The first-order valence-electron chi connectivity index (χ1n) is 7.54. The molecular weight excluding hydrogens is 342 g/mol. The molecule has 2 N–H and O–H groups in total. The lowest BCUT2D eigenvalue weighted by atomic mass is 9.79. The van der Waals surface area contributed by atoms with Crippen molar-refractivity contribution in [2.45, 2.75) is 26.0 Å². The van der Waals surface area contributed by atoms with Crippen molar-refractivity contribution in [3.8, 4) is 5.75 Å². The number of hydrogen-bond donors (Lipinski definition) is 1. The van der Waals surface area contributed by atoms with E-state index in [0.29, 0.717) is 39.1 Å². The number of hydrogen-bond acceptors (Lipinski definition) is 4. The Morgan fingerprint density at radius 2 is 1.92 bits per heavy atom. The van der Waals surface area contributed by atoms with Gasteiger partial charge < -0.3 is 20.1 Å². The molecule has 1 saturated heterocycles. The molecule has 0 spiro atoms. The molecule has 2 rings (SSSR count). The molecule has 1 heterocycles. The topological polar surface area (TPSA) is 64.8 Å². The van der Waals surface area contributed by atoms with Gasteiger partial charge >= 0.3 is 6.61 Å². The Hall–Kier alpha value is -1.44. The minimum absolute atomic E-state index is 0. The quantitative estimate of drug-likeness (QED) is 0.842. The maximum absolute atomic E-state index is 12.7. The summed E-state index contributed by atoms with van der Waals surface area (Å²) in [6, 6.07) is 6.26. The van der Waals surface area contributed by atoms with Crippen LogP contribution in [0.2, 0.25) is 0 Å². The van der Waals surface area contributed by atoms with Crippen molar-refractivity contribution in [3.63, 3.8) is 0 Å². The standard InChI is InChI=1S/C16H22F2N2O3.ClH/c1-20(14(21)16(11-19)6-8-22-9-7-16)10-12-2-4-13(5-3-12)23-15(17)18;/h2-5,15H,6-11,19H2,1H3;1H. The van der Waals surface area contributed by atoms with Crippen LogP contribution >= 0.6 is 12.4 Å². The van der Waals surface area contributed by atoms with Crippen molar-refractivity contribution in [2.24, 2.45) is 11.1 Å². The Bertz CT molecular complexity index is 523. The number of benzene rings is 1. The van der Waals surface area contributed by atoms with Gasteiger partial charge in [-0.25, -0.2) is 0 Å². The summed E-state index contributed by atoms with van der Waals surface area (Å²) >= 11 is 0. The summed E-state index contributed by atoms with van der Waals surface area (Å²) < 4.78 is 33.9. The Balaban J connectivity index is 0.00000288. The van der Waals surface area contributed by atoms with E-state index in [0.717, 1.165) is 5.56 Å². The first-order valence-corrected chi connectivity index (χ1v) is 7.54. The predicted octanol–water partition coefficient (Wildman–Crippen LogP) is 2.42. The van der Waals surface area contributed by atoms with Crippen molar-refractivity contribution in [1.29, 1.82) is 0 Å². The van der Waals surface area contributed by atoms with E-state index in [1.807, 2.05) is 0 Å². The second-order valence-electron chi connectivity index (χ2n) is 5.78. The second-order valence-corrected chi connectivity index (χ2v) is 5.78. The number of carbonyl (C=O) groups excluding carboxylic acids is 1. The van der Waals surface area contributed by atoms with Gasteiger partial charge in [-0.05, 0) is 30.5 Å². The van der Waals surface area contributed by atoms with Gasteiger partial charge in [-0.15, -0.1) is 12.4 Å². The van der Waals surface area contributed by atoms with Crippen LogP contribution in [0.4, 0.5) is 8.78 Å². The van der Waals surface area contributed by atoms with Gasteiger partial charge in [0, 0.05) is 33.4 Å². The van der Waals surface area contributed by atoms with Gasteiger partial charge in [0.1, 0.15) is 5.75 Å². The smallest absolute Gasteiger partial charge is 0.387 e. The number of alkyl halides is 2. The monoisotopic (exact) mass is 364 g/mol. The van der Waals surface area contributed by atoms with E-state index < -0.39 is 12.0 Å². The molecular formula is C16H23ClF2N2O3. The van der Waals surface area contributed by atoms with Crippen molar-refractivity contribution in [3.05, 3.63) is 29.8 Å². The third-order valence-electron chi connectivity index (χ3n) is 4.21. The van der Waals surface area contributed by atoms with Crippen molar-refractivity contribution < 1.29 is 23.0 Å². The van der Waals surface area contributed by atoms with E-state index in [2.05, 4.69) is 4.74 Å². The van der Waals surface area contributed by atoms with Gasteiger partial charge in [-0.3, -0.25) is 4.79 Å². The number of rotatable bonds is 6. The van der Waals surface area contributed by atoms with Crippen LogP contribution in [-0.2, 0) is 16.1 Å². The highest BCUT2D eigenvalue weighted by Crippen LogP contribution is 2.31. The number of ether oxygens (including phenoxy) is 2. The number of halogens is 3. The number of amides is 1. The lowest BCUT2D eigenvalue weighted by Crippen LogP contribution is -2.49. The molecule has 0 radical (unpaired) electrons. The van der Waals surface area contributed by atoms with Crippen LogP contribution in [0.5, 0.6) is 5.75 Å². The summed E-state index contributed by atoms with van der Waals surface area (Å²) in [5.74, 6) is 0.0943. The molecule has 5 nitrogen and oxygen atoms in total. The van der Waals surface area contributed by atoms with Gasteiger partial charge in [0.2, 0.25) is 5.91 Å². The van der Waals surface area contributed by atoms with E-state index >= 15 is 0 Å². The first kappa shape index (κ1) is 20.6. The van der Waals surface area contributed by atoms with Crippen LogP contribution in [0.15, 0.2) is 24.3 Å². The molecule has 1 aliphatic rings. The molecule has 0 saturated carbocycles. The van der Waals surface area contributed by atoms with Crippen LogP contribution < -0.4 is 10.5 Å². The molecule has 1 amide bonds. The number of carbonyl (C=O) groups is 1. The van der Waals surface area contributed by atoms with E-state index in [9.17, 15) is 13.6 Å². The average Bonchev–Trinajstić information content (AvgIpc) is 2.56. The molecule has 0 atom stereocenters. The molecule has 1 aromatic carbocycles. The Labute approximate surface area is 146 Å². The summed E-state index contributed by atoms with van der Waals surface area (Å²) in [5.41, 5.74) is 6.12. The van der Waals surface area contributed by atoms with Crippen LogP contribution in [-0.4, -0.2) is 44.2 Å². The summed E-state index contributed by atoms with van der Waals surface area (Å²) in [6.45, 7) is -1.09. The maximum atomic E-state index is 12.7. The highest BCUT2D eigenvalue weighted by Gasteiger charge is 2.40. The van der Waals surface area contributed by atoms with Crippen LogP contribution in [0.25, 0.3) is 0 Å². The van der Waals surface area contributed by atoms with Crippen molar-refractivity contribution in [1.82, 2.24) is 4.90 Å². The molecule has 136 valence electrons. The normalized spacial score (nSPS) is 16.4. The fourth-order valence-corrected chi connectivity index (χ4v) is 2.79. The zero-order chi connectivity index (χ0) is 16.9. The summed E-state index contributed by atoms with van der Waals surface area (Å²) in [5, 5.41) is 0. The molecule has 24 heavy (non-hydrogen) atoms. The Kier molecular flexibility index (Phi) is 7.86. The predicted molar refractivity (Wildman–Crippen MR) is 88.3 cm³/mol. The summed E-state index contributed by atoms with van der Waals surface area (Å²) in [4.78, 5) is 14.4. The van der Waals surface area contributed by atoms with E-state index in [1.54, 1.807) is 24.1 Å². The van der Waals surface area contributed by atoms with Crippen molar-refractivity contribution >= 4 is 18.3 Å². The van der Waals surface area contributed by atoms with Gasteiger partial charge in [0.15, 0.2) is 0 Å². The summed E-state index contributed by atoms with van der Waals surface area (Å²) in [6.07, 6.45) is 1.24. The van der Waals surface area contributed by atoms with Gasteiger partial charge in [-0.2, -0.15) is 8.78 Å². The molecule has 1 aliphatic heterocycles. The van der Waals surface area contributed by atoms with Crippen LogP contribution in [0.1, 0.15) is 18.4 Å². The third kappa shape index (κ3) is 5.03.